The maximum Gasteiger partial charge on any atom is 0.417 e. The predicted molar refractivity (Wildman–Crippen MR) is 87.1 cm³/mol. The highest BCUT2D eigenvalue weighted by molar-refractivity contribution is 6.22. The second kappa shape index (κ2) is 5.10. The summed E-state index contributed by atoms with van der Waals surface area (Å²) in [5, 5.41) is 12.4. The van der Waals surface area contributed by atoms with Crippen LogP contribution in [0.4, 0.5) is 18.9 Å². The van der Waals surface area contributed by atoms with Crippen LogP contribution >= 0.6 is 0 Å². The molecular formula is C19H16F3N3O2. The van der Waals surface area contributed by atoms with Crippen molar-refractivity contribution in [2.45, 2.75) is 31.6 Å². The van der Waals surface area contributed by atoms with Crippen LogP contribution in [-0.2, 0) is 15.8 Å². The lowest BCUT2D eigenvalue weighted by Gasteiger charge is -2.47. The number of halogens is 3. The number of carbonyl (C=O) groups is 2. The van der Waals surface area contributed by atoms with Crippen molar-refractivity contribution in [2.75, 3.05) is 4.90 Å². The molecule has 5 aliphatic rings. The average Bonchev–Trinajstić information content (AvgIpc) is 3.37. The Bertz CT molecular complexity index is 920. The topological polar surface area (TPSA) is 73.2 Å². The van der Waals surface area contributed by atoms with Gasteiger partial charge in [0, 0.05) is 12.1 Å². The van der Waals surface area contributed by atoms with Gasteiger partial charge in [0.1, 0.15) is 0 Å². The molecule has 5 nitrogen and oxygen atoms in total. The van der Waals surface area contributed by atoms with Crippen LogP contribution < -0.4 is 10.2 Å². The third-order valence-electron chi connectivity index (χ3n) is 6.77. The van der Waals surface area contributed by atoms with Gasteiger partial charge in [-0.1, -0.05) is 0 Å². The summed E-state index contributed by atoms with van der Waals surface area (Å²) in [6.45, 7) is 2.01. The highest BCUT2D eigenvalue weighted by atomic mass is 19.4. The number of carbonyl (C=O) groups excluding carboxylic acids is 2. The number of fused-ring (bicyclic) bond motifs is 1. The molecule has 3 heterocycles. The summed E-state index contributed by atoms with van der Waals surface area (Å²) < 4.78 is 39.9. The van der Waals surface area contributed by atoms with Crippen molar-refractivity contribution < 1.29 is 22.8 Å². The van der Waals surface area contributed by atoms with E-state index < -0.39 is 41.0 Å². The first-order valence-corrected chi connectivity index (χ1v) is 8.99. The van der Waals surface area contributed by atoms with Crippen molar-refractivity contribution in [3.63, 3.8) is 0 Å². The van der Waals surface area contributed by atoms with Gasteiger partial charge in [0.15, 0.2) is 0 Å². The molecule has 6 rings (SSSR count). The van der Waals surface area contributed by atoms with Gasteiger partial charge in [-0.3, -0.25) is 9.59 Å². The molecular weight excluding hydrogens is 359 g/mol. The van der Waals surface area contributed by atoms with Crippen molar-refractivity contribution >= 4 is 17.5 Å². The number of nitrogens with one attached hydrogen (secondary N) is 1. The Morgan fingerprint density at radius 1 is 1.19 bits per heavy atom. The number of benzene rings is 1. The van der Waals surface area contributed by atoms with E-state index >= 15 is 0 Å². The monoisotopic (exact) mass is 375 g/mol. The Morgan fingerprint density at radius 3 is 2.56 bits per heavy atom. The molecule has 0 radical (unpaired) electrons. The molecule has 27 heavy (non-hydrogen) atoms. The van der Waals surface area contributed by atoms with Crippen LogP contribution in [0.5, 0.6) is 0 Å². The van der Waals surface area contributed by atoms with E-state index in [1.807, 2.05) is 6.92 Å². The smallest absolute Gasteiger partial charge is 0.310 e. The van der Waals surface area contributed by atoms with Gasteiger partial charge in [-0.25, -0.2) is 4.90 Å². The molecule has 3 aliphatic heterocycles. The molecule has 1 aromatic rings. The van der Waals surface area contributed by atoms with Gasteiger partial charge in [0.2, 0.25) is 11.8 Å². The molecule has 7 atom stereocenters. The van der Waals surface area contributed by atoms with Crippen LogP contribution in [0.2, 0.25) is 0 Å². The number of anilines is 1. The van der Waals surface area contributed by atoms with E-state index in [2.05, 4.69) is 5.32 Å². The first-order valence-electron chi connectivity index (χ1n) is 8.99. The highest BCUT2D eigenvalue weighted by Crippen LogP contribution is 2.63. The van der Waals surface area contributed by atoms with Crippen LogP contribution in [0.1, 0.15) is 24.5 Å². The van der Waals surface area contributed by atoms with Crippen molar-refractivity contribution in [1.29, 1.82) is 5.26 Å². The minimum absolute atomic E-state index is 0.0481. The maximum absolute atomic E-state index is 13.3. The van der Waals surface area contributed by atoms with E-state index in [-0.39, 0.29) is 23.7 Å². The lowest BCUT2D eigenvalue weighted by molar-refractivity contribution is -0.138. The number of piperidine rings is 2. The van der Waals surface area contributed by atoms with Gasteiger partial charge in [0.25, 0.3) is 0 Å². The van der Waals surface area contributed by atoms with Crippen LogP contribution in [0.25, 0.3) is 0 Å². The standard InChI is InChI=1S/C19H16F3N3O2/c1-7-13-10-5-11(10)16(24-7)15-14(13)17(26)25(18(15)27)9-3-2-8(6-23)12(4-9)19(20,21)22/h2-4,7,10-11,13-16,24H,5H2,1H3/t7-,10-,11+,13-,14+,15+,16+/m0/s1. The second-order valence-corrected chi connectivity index (χ2v) is 8.02. The molecule has 2 bridgehead atoms. The molecule has 0 spiro atoms. The van der Waals surface area contributed by atoms with Gasteiger partial charge in [0.05, 0.1) is 34.7 Å². The predicted octanol–water partition coefficient (Wildman–Crippen LogP) is 2.31. The number of imide groups is 1. The molecule has 3 saturated heterocycles. The van der Waals surface area contributed by atoms with Crippen molar-refractivity contribution in [1.82, 2.24) is 5.32 Å². The first-order chi connectivity index (χ1) is 12.7. The molecule has 0 unspecified atom stereocenters. The summed E-state index contributed by atoms with van der Waals surface area (Å²) >= 11 is 0. The average molecular weight is 375 g/mol. The summed E-state index contributed by atoms with van der Waals surface area (Å²) in [7, 11) is 0. The quantitative estimate of drug-likeness (QED) is 0.765. The van der Waals surface area contributed by atoms with Crippen LogP contribution in [0.3, 0.4) is 0 Å². The fraction of sp³-hybridized carbons (Fsp3) is 0.526. The molecule has 8 heteroatoms. The fourth-order valence-corrected chi connectivity index (χ4v) is 5.70. The molecule has 5 fully saturated rings. The highest BCUT2D eigenvalue weighted by Gasteiger charge is 2.70. The zero-order valence-electron chi connectivity index (χ0n) is 14.3. The van der Waals surface area contributed by atoms with Gasteiger partial charge in [-0.2, -0.15) is 18.4 Å². The summed E-state index contributed by atoms with van der Waals surface area (Å²) in [5.74, 6) is -0.947. The number of alkyl halides is 3. The first kappa shape index (κ1) is 16.8. The number of hydrogen-bond donors (Lipinski definition) is 1. The minimum atomic E-state index is -4.74. The van der Waals surface area contributed by atoms with E-state index in [0.29, 0.717) is 11.8 Å². The van der Waals surface area contributed by atoms with Crippen molar-refractivity contribution in [2.24, 2.45) is 29.6 Å². The lowest BCUT2D eigenvalue weighted by atomic mass is 9.64. The largest absolute Gasteiger partial charge is 0.417 e. The number of nitrogens with zero attached hydrogens (tertiary/aromatic N) is 2. The van der Waals surface area contributed by atoms with E-state index in [1.165, 1.54) is 12.1 Å². The van der Waals surface area contributed by atoms with Crippen molar-refractivity contribution in [3.8, 4) is 6.07 Å². The summed E-state index contributed by atoms with van der Waals surface area (Å²) in [4.78, 5) is 27.1. The zero-order chi connectivity index (χ0) is 19.2. The molecule has 2 saturated carbocycles. The SMILES string of the molecule is C[C@@H]1N[C@@H]2[C@@H]3C[C@@H]3[C@H]1[C@H]1C(=O)N(c3ccc(C#N)c(C(F)(F)F)c3)C(=O)[C@@H]21. The van der Waals surface area contributed by atoms with E-state index in [9.17, 15) is 22.8 Å². The summed E-state index contributed by atoms with van der Waals surface area (Å²) in [6, 6.07) is 4.56. The third-order valence-corrected chi connectivity index (χ3v) is 6.77. The number of hydrogen-bond acceptors (Lipinski definition) is 4. The van der Waals surface area contributed by atoms with Crippen LogP contribution in [-0.4, -0.2) is 23.9 Å². The third kappa shape index (κ3) is 2.09. The summed E-state index contributed by atoms with van der Waals surface area (Å²) in [5.41, 5.74) is -1.76. The van der Waals surface area contributed by atoms with Crippen LogP contribution in [0, 0.1) is 40.9 Å². The molecule has 140 valence electrons. The summed E-state index contributed by atoms with van der Waals surface area (Å²) in [6.07, 6.45) is -3.73. The molecule has 2 aliphatic carbocycles. The van der Waals surface area contributed by atoms with Gasteiger partial charge >= 0.3 is 6.18 Å². The van der Waals surface area contributed by atoms with Gasteiger partial charge < -0.3 is 5.32 Å². The zero-order valence-corrected chi connectivity index (χ0v) is 14.3. The molecule has 2 amide bonds. The van der Waals surface area contributed by atoms with Gasteiger partial charge in [-0.05, 0) is 49.3 Å². The number of rotatable bonds is 1. The molecule has 1 aromatic carbocycles. The Labute approximate surface area is 153 Å². The van der Waals surface area contributed by atoms with E-state index in [1.54, 1.807) is 0 Å². The normalized spacial score (nSPS) is 39.2. The Hall–Kier alpha value is -2.40. The van der Waals surface area contributed by atoms with E-state index in [0.717, 1.165) is 23.5 Å². The van der Waals surface area contributed by atoms with Crippen molar-refractivity contribution in [3.05, 3.63) is 29.3 Å². The number of nitriles is 1. The second-order valence-electron chi connectivity index (χ2n) is 8.02. The lowest BCUT2D eigenvalue weighted by Crippen LogP contribution is -2.62. The number of amides is 2. The van der Waals surface area contributed by atoms with E-state index in [4.69, 9.17) is 5.26 Å². The Morgan fingerprint density at radius 2 is 1.89 bits per heavy atom. The maximum atomic E-state index is 13.3. The Balaban J connectivity index is 1.57. The fourth-order valence-electron chi connectivity index (χ4n) is 5.70. The molecule has 1 N–H and O–H groups in total. The minimum Gasteiger partial charge on any atom is -0.310 e. The Kier molecular flexibility index (Phi) is 3.17. The van der Waals surface area contributed by atoms with Crippen LogP contribution in [0.15, 0.2) is 18.2 Å². The molecule has 0 aromatic heterocycles. The van der Waals surface area contributed by atoms with Gasteiger partial charge in [-0.15, -0.1) is 0 Å².